The van der Waals surface area contributed by atoms with Crippen LogP contribution in [0.1, 0.15) is 10.6 Å². The van der Waals surface area contributed by atoms with Crippen molar-refractivity contribution in [3.8, 4) is 0 Å². The average Bonchev–Trinajstić information content (AvgIpc) is 2.79. The van der Waals surface area contributed by atoms with Gasteiger partial charge in [-0.15, -0.1) is 10.2 Å². The largest absolute Gasteiger partial charge is 0.445 e. The highest BCUT2D eigenvalue weighted by Gasteiger charge is 2.36. The van der Waals surface area contributed by atoms with Crippen molar-refractivity contribution in [2.45, 2.75) is 11.9 Å². The third-order valence-electron chi connectivity index (χ3n) is 2.21. The molecule has 0 saturated carbocycles. The van der Waals surface area contributed by atoms with E-state index < -0.39 is 32.1 Å². The van der Waals surface area contributed by atoms with Gasteiger partial charge in [0.1, 0.15) is 0 Å². The van der Waals surface area contributed by atoms with Crippen molar-refractivity contribution in [1.29, 1.82) is 0 Å². The number of anilines is 1. The van der Waals surface area contributed by atoms with E-state index in [1.807, 2.05) is 4.72 Å². The van der Waals surface area contributed by atoms with Gasteiger partial charge in [-0.1, -0.05) is 41.1 Å². The molecule has 1 heterocycles. The maximum absolute atomic E-state index is 12.3. The molecule has 2 rings (SSSR count). The zero-order valence-electron chi connectivity index (χ0n) is 10.1. The summed E-state index contributed by atoms with van der Waals surface area (Å²) < 4.78 is 62.7. The van der Waals surface area contributed by atoms with E-state index in [0.29, 0.717) is 5.56 Å². The van der Waals surface area contributed by atoms with Crippen LogP contribution in [0, 0.1) is 0 Å². The number of halogens is 4. The molecule has 0 amide bonds. The summed E-state index contributed by atoms with van der Waals surface area (Å²) in [6.07, 6.45) is -4.66. The second-order valence-corrected chi connectivity index (χ2v) is 6.97. The summed E-state index contributed by atoms with van der Waals surface area (Å²) in [6.45, 7) is 0. The van der Waals surface area contributed by atoms with E-state index in [0.717, 1.165) is 0 Å². The van der Waals surface area contributed by atoms with E-state index in [1.54, 1.807) is 12.1 Å². The smallest absolute Gasteiger partial charge is 0.257 e. The molecule has 1 N–H and O–H groups in total. The molecule has 11 heteroatoms. The lowest BCUT2D eigenvalue weighted by Crippen LogP contribution is -2.15. The maximum atomic E-state index is 12.3. The van der Waals surface area contributed by atoms with Crippen LogP contribution in [0.15, 0.2) is 24.3 Å². The molecular weight excluding hydrogens is 351 g/mol. The molecule has 0 aliphatic carbocycles. The number of aromatic nitrogens is 2. The van der Waals surface area contributed by atoms with Crippen LogP contribution < -0.4 is 4.72 Å². The summed E-state index contributed by atoms with van der Waals surface area (Å²) in [5.41, 5.74) is 0.326. The lowest BCUT2D eigenvalue weighted by atomic mass is 10.2. The fourth-order valence-electron chi connectivity index (χ4n) is 1.37. The summed E-state index contributed by atoms with van der Waals surface area (Å²) in [4.78, 5) is 0. The molecule has 0 saturated heterocycles. The molecule has 1 aromatic carbocycles. The van der Waals surface area contributed by atoms with Crippen molar-refractivity contribution in [1.82, 2.24) is 10.2 Å². The molecule has 5 nitrogen and oxygen atoms in total. The van der Waals surface area contributed by atoms with Crippen LogP contribution in [0.4, 0.5) is 18.3 Å². The van der Waals surface area contributed by atoms with E-state index in [1.165, 1.54) is 12.1 Å². The Morgan fingerprint density at radius 1 is 1.24 bits per heavy atom. The highest BCUT2D eigenvalue weighted by molar-refractivity contribution is 7.92. The van der Waals surface area contributed by atoms with E-state index in [4.69, 9.17) is 11.6 Å². The van der Waals surface area contributed by atoms with Crippen LogP contribution in [0.5, 0.6) is 0 Å². The number of hydrogen-bond donors (Lipinski definition) is 1. The van der Waals surface area contributed by atoms with Crippen LogP contribution in [0.3, 0.4) is 0 Å². The molecule has 1 aromatic heterocycles. The Labute approximate surface area is 126 Å². The normalized spacial score (nSPS) is 12.4. The van der Waals surface area contributed by atoms with Gasteiger partial charge in [0.2, 0.25) is 20.2 Å². The Morgan fingerprint density at radius 2 is 1.90 bits per heavy atom. The lowest BCUT2D eigenvalue weighted by molar-refractivity contribution is -0.138. The van der Waals surface area contributed by atoms with E-state index in [9.17, 15) is 21.6 Å². The minimum Gasteiger partial charge on any atom is -0.257 e. The van der Waals surface area contributed by atoms with E-state index >= 15 is 0 Å². The number of alkyl halides is 3. The zero-order valence-corrected chi connectivity index (χ0v) is 12.4. The van der Waals surface area contributed by atoms with Crippen LogP contribution in [-0.2, 0) is 22.0 Å². The van der Waals surface area contributed by atoms with Gasteiger partial charge in [0.05, 0.1) is 5.75 Å². The van der Waals surface area contributed by atoms with Crippen LogP contribution in [0.2, 0.25) is 5.02 Å². The van der Waals surface area contributed by atoms with Gasteiger partial charge >= 0.3 is 6.18 Å². The standard InChI is InChI=1S/C10H7ClF3N3O2S2/c11-7-4-2-1-3-6(7)5-21(18,19)17-9-16-15-8(20-9)10(12,13)14/h1-4H,5H2,(H,16,17). The molecule has 0 bridgehead atoms. The highest BCUT2D eigenvalue weighted by Crippen LogP contribution is 2.33. The highest BCUT2D eigenvalue weighted by atomic mass is 35.5. The first kappa shape index (κ1) is 16.0. The van der Waals surface area contributed by atoms with Gasteiger partial charge in [0.25, 0.3) is 0 Å². The average molecular weight is 358 g/mol. The predicted molar refractivity (Wildman–Crippen MR) is 72.6 cm³/mol. The first-order chi connectivity index (χ1) is 9.67. The Hall–Kier alpha value is -1.39. The summed E-state index contributed by atoms with van der Waals surface area (Å²) in [5.74, 6) is -0.479. The minimum absolute atomic E-state index is 0.111. The first-order valence-electron chi connectivity index (χ1n) is 5.32. The molecule has 0 atom stereocenters. The van der Waals surface area contributed by atoms with Gasteiger partial charge in [0.15, 0.2) is 0 Å². The summed E-state index contributed by atoms with van der Waals surface area (Å²) >= 11 is 5.94. The van der Waals surface area contributed by atoms with Crippen molar-refractivity contribution in [2.24, 2.45) is 0 Å². The van der Waals surface area contributed by atoms with Gasteiger partial charge in [-0.3, -0.25) is 4.72 Å². The third kappa shape index (κ3) is 4.29. The summed E-state index contributed by atoms with van der Waals surface area (Å²) in [7, 11) is -3.94. The maximum Gasteiger partial charge on any atom is 0.445 e. The van der Waals surface area contributed by atoms with Crippen molar-refractivity contribution >= 4 is 38.1 Å². The Kier molecular flexibility index (Phi) is 4.40. The fourth-order valence-corrected chi connectivity index (χ4v) is 3.70. The molecule has 0 aliphatic heterocycles. The number of hydrogen-bond acceptors (Lipinski definition) is 5. The molecule has 0 aliphatic rings. The van der Waals surface area contributed by atoms with Crippen molar-refractivity contribution in [3.63, 3.8) is 0 Å². The number of benzene rings is 1. The molecule has 21 heavy (non-hydrogen) atoms. The molecule has 2 aromatic rings. The molecule has 0 unspecified atom stereocenters. The van der Waals surface area contributed by atoms with Gasteiger partial charge in [0, 0.05) is 5.02 Å². The van der Waals surface area contributed by atoms with Gasteiger partial charge in [-0.25, -0.2) is 8.42 Å². The monoisotopic (exact) mass is 357 g/mol. The fraction of sp³-hybridized carbons (Fsp3) is 0.200. The first-order valence-corrected chi connectivity index (χ1v) is 8.17. The SMILES string of the molecule is O=S(=O)(Cc1ccccc1Cl)Nc1nnc(C(F)(F)F)s1. The summed E-state index contributed by atoms with van der Waals surface area (Å²) in [5, 5.41) is 4.62. The van der Waals surface area contributed by atoms with E-state index in [2.05, 4.69) is 10.2 Å². The van der Waals surface area contributed by atoms with Gasteiger partial charge in [-0.05, 0) is 11.6 Å². The zero-order chi connectivity index (χ0) is 15.7. The Bertz CT molecular complexity index is 746. The van der Waals surface area contributed by atoms with Crippen molar-refractivity contribution in [3.05, 3.63) is 39.9 Å². The second-order valence-electron chi connectivity index (χ2n) is 3.86. The molecule has 0 radical (unpaired) electrons. The molecule has 0 fully saturated rings. The van der Waals surface area contributed by atoms with E-state index in [-0.39, 0.29) is 16.4 Å². The van der Waals surface area contributed by atoms with Gasteiger partial charge in [-0.2, -0.15) is 13.2 Å². The van der Waals surface area contributed by atoms with Crippen molar-refractivity contribution in [2.75, 3.05) is 4.72 Å². The topological polar surface area (TPSA) is 72.0 Å². The van der Waals surface area contributed by atoms with Crippen LogP contribution >= 0.6 is 22.9 Å². The second kappa shape index (κ2) is 5.78. The van der Waals surface area contributed by atoms with Crippen molar-refractivity contribution < 1.29 is 21.6 Å². The molecule has 0 spiro atoms. The third-order valence-corrected chi connectivity index (χ3v) is 4.79. The number of nitrogens with one attached hydrogen (secondary N) is 1. The number of nitrogens with zero attached hydrogens (tertiary/aromatic N) is 2. The Balaban J connectivity index is 2.15. The van der Waals surface area contributed by atoms with Gasteiger partial charge < -0.3 is 0 Å². The number of sulfonamides is 1. The predicted octanol–water partition coefficient (Wildman–Crippen LogP) is 3.15. The van der Waals surface area contributed by atoms with Crippen LogP contribution in [0.25, 0.3) is 0 Å². The molecular formula is C10H7ClF3N3O2S2. The summed E-state index contributed by atoms with van der Waals surface area (Å²) in [6, 6.07) is 6.25. The molecule has 114 valence electrons. The quantitative estimate of drug-likeness (QED) is 0.912. The number of rotatable bonds is 4. The van der Waals surface area contributed by atoms with Crippen LogP contribution in [-0.4, -0.2) is 18.6 Å². The lowest BCUT2D eigenvalue weighted by Gasteiger charge is -2.06. The minimum atomic E-state index is -4.66. The Morgan fingerprint density at radius 3 is 2.48 bits per heavy atom.